The van der Waals surface area contributed by atoms with Crippen molar-refractivity contribution in [3.8, 4) is 11.8 Å². The SMILES string of the molecule is Cc1[nH]c2ccc(C#N)cc2c1OC(=O)C(C)(C)C. The van der Waals surface area contributed by atoms with E-state index in [0.29, 0.717) is 11.3 Å². The molecule has 1 aromatic heterocycles. The number of aryl methyl sites for hydroxylation is 1. The van der Waals surface area contributed by atoms with Crippen LogP contribution in [0, 0.1) is 23.7 Å². The Morgan fingerprint density at radius 1 is 1.37 bits per heavy atom. The largest absolute Gasteiger partial charge is 0.424 e. The van der Waals surface area contributed by atoms with E-state index in [0.717, 1.165) is 16.6 Å². The molecular weight excluding hydrogens is 240 g/mol. The van der Waals surface area contributed by atoms with Crippen molar-refractivity contribution < 1.29 is 9.53 Å². The van der Waals surface area contributed by atoms with Crippen LogP contribution in [0.1, 0.15) is 32.0 Å². The maximum Gasteiger partial charge on any atom is 0.316 e. The van der Waals surface area contributed by atoms with Crippen LogP contribution in [-0.4, -0.2) is 11.0 Å². The molecule has 0 radical (unpaired) electrons. The number of aromatic amines is 1. The van der Waals surface area contributed by atoms with E-state index in [4.69, 9.17) is 10.00 Å². The second kappa shape index (κ2) is 4.43. The predicted molar refractivity (Wildman–Crippen MR) is 72.8 cm³/mol. The Labute approximate surface area is 112 Å². The highest BCUT2D eigenvalue weighted by atomic mass is 16.5. The molecule has 0 aliphatic rings. The van der Waals surface area contributed by atoms with Gasteiger partial charge >= 0.3 is 5.97 Å². The van der Waals surface area contributed by atoms with Crippen LogP contribution < -0.4 is 4.74 Å². The van der Waals surface area contributed by atoms with Gasteiger partial charge in [0.2, 0.25) is 0 Å². The number of esters is 1. The van der Waals surface area contributed by atoms with Gasteiger partial charge in [0, 0.05) is 10.9 Å². The van der Waals surface area contributed by atoms with Crippen molar-refractivity contribution in [2.75, 3.05) is 0 Å². The van der Waals surface area contributed by atoms with E-state index >= 15 is 0 Å². The number of hydrogen-bond acceptors (Lipinski definition) is 3. The Morgan fingerprint density at radius 2 is 2.05 bits per heavy atom. The van der Waals surface area contributed by atoms with Crippen LogP contribution in [-0.2, 0) is 4.79 Å². The third-order valence-corrected chi connectivity index (χ3v) is 2.86. The number of rotatable bonds is 1. The highest BCUT2D eigenvalue weighted by molar-refractivity contribution is 5.91. The lowest BCUT2D eigenvalue weighted by Crippen LogP contribution is -2.25. The molecule has 0 fully saturated rings. The van der Waals surface area contributed by atoms with Gasteiger partial charge in [0.1, 0.15) is 0 Å². The minimum Gasteiger partial charge on any atom is -0.424 e. The average Bonchev–Trinajstić information content (AvgIpc) is 2.64. The van der Waals surface area contributed by atoms with Gasteiger partial charge in [-0.1, -0.05) is 0 Å². The van der Waals surface area contributed by atoms with E-state index in [1.54, 1.807) is 32.9 Å². The summed E-state index contributed by atoms with van der Waals surface area (Å²) in [4.78, 5) is 15.1. The number of fused-ring (bicyclic) bond motifs is 1. The van der Waals surface area contributed by atoms with Crippen LogP contribution >= 0.6 is 0 Å². The van der Waals surface area contributed by atoms with Gasteiger partial charge in [0.25, 0.3) is 0 Å². The normalized spacial score (nSPS) is 11.3. The number of benzene rings is 1. The molecule has 0 spiro atoms. The topological polar surface area (TPSA) is 65.9 Å². The number of H-pyrrole nitrogens is 1. The fraction of sp³-hybridized carbons (Fsp3) is 0.333. The highest BCUT2D eigenvalue weighted by Gasteiger charge is 2.25. The van der Waals surface area contributed by atoms with Crippen LogP contribution in [0.25, 0.3) is 10.9 Å². The second-order valence-corrected chi connectivity index (χ2v) is 5.59. The molecular formula is C15H16N2O2. The summed E-state index contributed by atoms with van der Waals surface area (Å²) in [6, 6.07) is 7.36. The molecule has 0 aliphatic carbocycles. The van der Waals surface area contributed by atoms with Gasteiger partial charge in [0.05, 0.1) is 22.7 Å². The summed E-state index contributed by atoms with van der Waals surface area (Å²) < 4.78 is 5.48. The molecule has 0 aliphatic heterocycles. The molecule has 19 heavy (non-hydrogen) atoms. The molecule has 0 saturated heterocycles. The number of nitriles is 1. The predicted octanol–water partition coefficient (Wildman–Crippen LogP) is 3.30. The van der Waals surface area contributed by atoms with Gasteiger partial charge in [0.15, 0.2) is 5.75 Å². The number of aromatic nitrogens is 1. The molecule has 4 heteroatoms. The summed E-state index contributed by atoms with van der Waals surface area (Å²) >= 11 is 0. The highest BCUT2D eigenvalue weighted by Crippen LogP contribution is 2.32. The lowest BCUT2D eigenvalue weighted by molar-refractivity contribution is -0.142. The number of nitrogens with zero attached hydrogens (tertiary/aromatic N) is 1. The zero-order valence-electron chi connectivity index (χ0n) is 11.5. The first-order chi connectivity index (χ1) is 8.82. The minimum absolute atomic E-state index is 0.293. The maximum absolute atomic E-state index is 12.0. The number of carbonyl (C=O) groups excluding carboxylic acids is 1. The number of nitrogens with one attached hydrogen (secondary N) is 1. The van der Waals surface area contributed by atoms with Crippen LogP contribution in [0.5, 0.6) is 5.75 Å². The van der Waals surface area contributed by atoms with E-state index in [-0.39, 0.29) is 5.97 Å². The molecule has 2 rings (SSSR count). The van der Waals surface area contributed by atoms with Crippen molar-refractivity contribution in [2.45, 2.75) is 27.7 Å². The molecule has 0 amide bonds. The Balaban J connectivity index is 2.51. The third kappa shape index (κ3) is 2.45. The van der Waals surface area contributed by atoms with Gasteiger partial charge in [-0.25, -0.2) is 0 Å². The maximum atomic E-state index is 12.0. The lowest BCUT2D eigenvalue weighted by Gasteiger charge is -2.16. The van der Waals surface area contributed by atoms with Crippen molar-refractivity contribution in [3.63, 3.8) is 0 Å². The molecule has 0 atom stereocenters. The minimum atomic E-state index is -0.567. The summed E-state index contributed by atoms with van der Waals surface area (Å²) in [5.41, 5.74) is 1.61. The fourth-order valence-electron chi connectivity index (χ4n) is 1.75. The van der Waals surface area contributed by atoms with Gasteiger partial charge in [-0.15, -0.1) is 0 Å². The molecule has 1 heterocycles. The van der Waals surface area contributed by atoms with Crippen molar-refractivity contribution >= 4 is 16.9 Å². The quantitative estimate of drug-likeness (QED) is 0.796. The van der Waals surface area contributed by atoms with E-state index in [9.17, 15) is 4.79 Å². The molecule has 1 aromatic carbocycles. The molecule has 0 bridgehead atoms. The molecule has 4 nitrogen and oxygen atoms in total. The smallest absolute Gasteiger partial charge is 0.316 e. The number of ether oxygens (including phenoxy) is 1. The summed E-state index contributed by atoms with van der Waals surface area (Å²) in [6.07, 6.45) is 0. The summed E-state index contributed by atoms with van der Waals surface area (Å²) in [5.74, 6) is 0.214. The van der Waals surface area contributed by atoms with E-state index in [1.807, 2.05) is 13.0 Å². The van der Waals surface area contributed by atoms with E-state index in [2.05, 4.69) is 11.1 Å². The standard InChI is InChI=1S/C15H16N2O2/c1-9-13(19-14(18)15(2,3)4)11-7-10(8-16)5-6-12(11)17-9/h5-7,17H,1-4H3. The zero-order valence-corrected chi connectivity index (χ0v) is 11.5. The first-order valence-electron chi connectivity index (χ1n) is 6.07. The van der Waals surface area contributed by atoms with Gasteiger partial charge < -0.3 is 9.72 Å². The zero-order chi connectivity index (χ0) is 14.2. The van der Waals surface area contributed by atoms with Crippen LogP contribution in [0.2, 0.25) is 0 Å². The van der Waals surface area contributed by atoms with Crippen molar-refractivity contribution in [2.24, 2.45) is 5.41 Å². The van der Waals surface area contributed by atoms with E-state index in [1.165, 1.54) is 0 Å². The average molecular weight is 256 g/mol. The van der Waals surface area contributed by atoms with Gasteiger partial charge in [-0.05, 0) is 45.9 Å². The Kier molecular flexibility index (Phi) is 3.07. The molecule has 0 unspecified atom stereocenters. The van der Waals surface area contributed by atoms with Crippen LogP contribution in [0.15, 0.2) is 18.2 Å². The summed E-state index contributed by atoms with van der Waals surface area (Å²) in [5, 5.41) is 9.70. The van der Waals surface area contributed by atoms with Gasteiger partial charge in [-0.2, -0.15) is 5.26 Å². The third-order valence-electron chi connectivity index (χ3n) is 2.86. The van der Waals surface area contributed by atoms with Crippen molar-refractivity contribution in [3.05, 3.63) is 29.5 Å². The molecule has 0 saturated carbocycles. The molecule has 98 valence electrons. The molecule has 1 N–H and O–H groups in total. The van der Waals surface area contributed by atoms with E-state index < -0.39 is 5.41 Å². The van der Waals surface area contributed by atoms with Crippen LogP contribution in [0.4, 0.5) is 0 Å². The number of hydrogen-bond donors (Lipinski definition) is 1. The summed E-state index contributed by atoms with van der Waals surface area (Å²) in [7, 11) is 0. The molecule has 2 aromatic rings. The first kappa shape index (κ1) is 13.2. The first-order valence-corrected chi connectivity index (χ1v) is 6.07. The van der Waals surface area contributed by atoms with Crippen molar-refractivity contribution in [1.82, 2.24) is 4.98 Å². The summed E-state index contributed by atoms with van der Waals surface area (Å²) in [6.45, 7) is 7.26. The second-order valence-electron chi connectivity index (χ2n) is 5.59. The lowest BCUT2D eigenvalue weighted by atomic mass is 9.97. The Bertz CT molecular complexity index is 684. The number of carbonyl (C=O) groups is 1. The monoisotopic (exact) mass is 256 g/mol. The Morgan fingerprint density at radius 3 is 2.63 bits per heavy atom. The fourth-order valence-corrected chi connectivity index (χ4v) is 1.75. The van der Waals surface area contributed by atoms with Crippen LogP contribution in [0.3, 0.4) is 0 Å². The van der Waals surface area contributed by atoms with Crippen molar-refractivity contribution in [1.29, 1.82) is 5.26 Å². The van der Waals surface area contributed by atoms with Gasteiger partial charge in [-0.3, -0.25) is 4.79 Å². The Hall–Kier alpha value is -2.28.